The monoisotopic (exact) mass is 593 g/mol. The third-order valence-electron chi connectivity index (χ3n) is 6.78. The number of halogens is 2. The van der Waals surface area contributed by atoms with Gasteiger partial charge in [-0.15, -0.1) is 0 Å². The zero-order valence-corrected chi connectivity index (χ0v) is 24.8. The van der Waals surface area contributed by atoms with Crippen LogP contribution in [0.3, 0.4) is 0 Å². The van der Waals surface area contributed by atoms with Gasteiger partial charge in [0, 0.05) is 41.5 Å². The minimum Gasteiger partial charge on any atom is -0.350 e. The number of nitrogens with zero attached hydrogens (tertiary/aromatic N) is 2. The van der Waals surface area contributed by atoms with Crippen LogP contribution < -0.4 is 5.32 Å². The van der Waals surface area contributed by atoms with Crippen molar-refractivity contribution in [1.82, 2.24) is 15.1 Å². The number of fused-ring (bicyclic) bond motifs is 1. The van der Waals surface area contributed by atoms with Crippen LogP contribution in [-0.2, 0) is 22.6 Å². The fourth-order valence-corrected chi connectivity index (χ4v) is 5.28. The normalized spacial score (nSPS) is 13.6. The predicted octanol–water partition coefficient (Wildman–Crippen LogP) is 5.92. The molecule has 7 nitrogen and oxygen atoms in total. The molecule has 1 N–H and O–H groups in total. The Labute approximate surface area is 250 Å². The summed E-state index contributed by atoms with van der Waals surface area (Å²) in [6.45, 7) is 5.82. The van der Waals surface area contributed by atoms with Crippen molar-refractivity contribution in [2.24, 2.45) is 0 Å². The molecule has 0 saturated heterocycles. The van der Waals surface area contributed by atoms with E-state index >= 15 is 0 Å². The summed E-state index contributed by atoms with van der Waals surface area (Å²) >= 11 is 12.6. The van der Waals surface area contributed by atoms with Crippen molar-refractivity contribution in [3.63, 3.8) is 0 Å². The quantitative estimate of drug-likeness (QED) is 0.295. The van der Waals surface area contributed by atoms with Gasteiger partial charge in [0.05, 0.1) is 11.1 Å². The van der Waals surface area contributed by atoms with Crippen LogP contribution in [0.1, 0.15) is 65.5 Å². The molecule has 0 aliphatic carbocycles. The third-order valence-corrected chi connectivity index (χ3v) is 7.36. The molecule has 4 rings (SSSR count). The largest absolute Gasteiger partial charge is 0.350 e. The van der Waals surface area contributed by atoms with Crippen LogP contribution in [0, 0.1) is 0 Å². The van der Waals surface area contributed by atoms with E-state index in [4.69, 9.17) is 23.2 Å². The average molecular weight is 595 g/mol. The molecule has 0 aromatic heterocycles. The number of rotatable bonds is 10. The van der Waals surface area contributed by atoms with Crippen LogP contribution in [0.4, 0.5) is 0 Å². The molecule has 9 heteroatoms. The molecule has 0 saturated carbocycles. The highest BCUT2D eigenvalue weighted by molar-refractivity contribution is 6.35. The first kappa shape index (κ1) is 30.3. The van der Waals surface area contributed by atoms with Crippen molar-refractivity contribution in [3.05, 3.63) is 105 Å². The number of carbonyl (C=O) groups excluding carboxylic acids is 4. The van der Waals surface area contributed by atoms with Gasteiger partial charge in [-0.3, -0.25) is 24.1 Å². The van der Waals surface area contributed by atoms with Gasteiger partial charge in [-0.05, 0) is 62.6 Å². The van der Waals surface area contributed by atoms with E-state index < -0.39 is 11.6 Å². The van der Waals surface area contributed by atoms with Gasteiger partial charge in [0.2, 0.25) is 11.8 Å². The van der Waals surface area contributed by atoms with Gasteiger partial charge in [-0.25, -0.2) is 0 Å². The summed E-state index contributed by atoms with van der Waals surface area (Å²) in [5, 5.41) is 3.87. The second-order valence-corrected chi connectivity index (χ2v) is 12.0. The smallest absolute Gasteiger partial charge is 0.261 e. The Balaban J connectivity index is 1.58. The van der Waals surface area contributed by atoms with Crippen LogP contribution >= 0.6 is 23.2 Å². The summed E-state index contributed by atoms with van der Waals surface area (Å²) in [6.07, 6.45) is 0.554. The zero-order valence-electron chi connectivity index (χ0n) is 23.3. The fourth-order valence-electron chi connectivity index (χ4n) is 4.81. The molecular formula is C32H33Cl2N3O4. The van der Waals surface area contributed by atoms with Crippen LogP contribution in [0.5, 0.6) is 0 Å². The molecule has 3 aromatic rings. The van der Waals surface area contributed by atoms with E-state index in [1.165, 1.54) is 9.80 Å². The highest BCUT2D eigenvalue weighted by Crippen LogP contribution is 2.26. The van der Waals surface area contributed by atoms with Gasteiger partial charge >= 0.3 is 0 Å². The molecule has 0 fully saturated rings. The minimum atomic E-state index is -0.838. The van der Waals surface area contributed by atoms with Gasteiger partial charge in [-0.1, -0.05) is 71.7 Å². The van der Waals surface area contributed by atoms with E-state index in [0.717, 1.165) is 5.56 Å². The summed E-state index contributed by atoms with van der Waals surface area (Å²) in [4.78, 5) is 55.8. The zero-order chi connectivity index (χ0) is 29.7. The summed E-state index contributed by atoms with van der Waals surface area (Å²) in [6, 6.07) is 20.4. The first-order valence-corrected chi connectivity index (χ1v) is 14.2. The maximum Gasteiger partial charge on any atom is 0.261 e. The topological polar surface area (TPSA) is 86.8 Å². The van der Waals surface area contributed by atoms with Gasteiger partial charge in [0.15, 0.2) is 0 Å². The second-order valence-electron chi connectivity index (χ2n) is 11.1. The van der Waals surface area contributed by atoms with E-state index in [1.807, 2.05) is 51.1 Å². The number of nitrogens with one attached hydrogen (secondary N) is 1. The van der Waals surface area contributed by atoms with Crippen molar-refractivity contribution < 1.29 is 19.2 Å². The SMILES string of the molecule is CC(C)(C)NC(=O)[C@H](Cc1ccccc1)N(Cc1ccc(Cl)cc1Cl)C(=O)CCCN1C(=O)c2ccccc2C1=O. The maximum absolute atomic E-state index is 13.9. The van der Waals surface area contributed by atoms with E-state index in [-0.39, 0.29) is 56.0 Å². The standard InChI is InChI=1S/C32H33Cl2N3O4/c1-32(2,3)35-29(39)27(18-21-10-5-4-6-11-21)37(20-22-15-16-23(33)19-26(22)34)28(38)14-9-17-36-30(40)24-12-7-8-13-25(24)31(36)41/h4-8,10-13,15-16,19,27H,9,14,17-18,20H2,1-3H3,(H,35,39)/t27-/m0/s1. The van der Waals surface area contributed by atoms with Crippen LogP contribution in [-0.4, -0.2) is 51.6 Å². The lowest BCUT2D eigenvalue weighted by Gasteiger charge is -2.34. The Morgan fingerprint density at radius 2 is 1.51 bits per heavy atom. The number of amides is 4. The minimum absolute atomic E-state index is 0.0205. The van der Waals surface area contributed by atoms with E-state index in [9.17, 15) is 19.2 Å². The molecule has 1 heterocycles. The number of imide groups is 1. The number of benzene rings is 3. The lowest BCUT2D eigenvalue weighted by Crippen LogP contribution is -2.54. The molecule has 0 bridgehead atoms. The first-order valence-electron chi connectivity index (χ1n) is 13.5. The van der Waals surface area contributed by atoms with Crippen molar-refractivity contribution in [2.75, 3.05) is 6.54 Å². The van der Waals surface area contributed by atoms with E-state index in [1.54, 1.807) is 42.5 Å². The van der Waals surface area contributed by atoms with Crippen molar-refractivity contribution in [2.45, 2.75) is 58.2 Å². The molecule has 4 amide bonds. The number of hydrogen-bond acceptors (Lipinski definition) is 4. The molecular weight excluding hydrogens is 561 g/mol. The van der Waals surface area contributed by atoms with Gasteiger partial charge in [0.25, 0.3) is 11.8 Å². The first-order chi connectivity index (χ1) is 19.4. The number of hydrogen-bond donors (Lipinski definition) is 1. The molecule has 1 aliphatic heterocycles. The van der Waals surface area contributed by atoms with E-state index in [0.29, 0.717) is 26.7 Å². The third kappa shape index (κ3) is 7.54. The molecule has 214 valence electrons. The molecule has 0 unspecified atom stereocenters. The van der Waals surface area contributed by atoms with Gasteiger partial charge in [-0.2, -0.15) is 0 Å². The van der Waals surface area contributed by atoms with Crippen molar-refractivity contribution >= 4 is 46.8 Å². The van der Waals surface area contributed by atoms with Gasteiger partial charge in [0.1, 0.15) is 6.04 Å². The van der Waals surface area contributed by atoms with Crippen LogP contribution in [0.25, 0.3) is 0 Å². The highest BCUT2D eigenvalue weighted by Gasteiger charge is 2.36. The molecule has 41 heavy (non-hydrogen) atoms. The summed E-state index contributed by atoms with van der Waals surface area (Å²) in [7, 11) is 0. The lowest BCUT2D eigenvalue weighted by atomic mass is 10.00. The van der Waals surface area contributed by atoms with Crippen LogP contribution in [0.2, 0.25) is 10.0 Å². The van der Waals surface area contributed by atoms with Crippen molar-refractivity contribution in [1.29, 1.82) is 0 Å². The van der Waals surface area contributed by atoms with Crippen molar-refractivity contribution in [3.8, 4) is 0 Å². The lowest BCUT2D eigenvalue weighted by molar-refractivity contribution is -0.142. The molecule has 1 aliphatic rings. The maximum atomic E-state index is 13.9. The predicted molar refractivity (Wildman–Crippen MR) is 160 cm³/mol. The Morgan fingerprint density at radius 3 is 2.10 bits per heavy atom. The Hall–Kier alpha value is -3.68. The summed E-state index contributed by atoms with van der Waals surface area (Å²) < 4.78 is 0. The Bertz CT molecular complexity index is 1420. The highest BCUT2D eigenvalue weighted by atomic mass is 35.5. The second kappa shape index (κ2) is 12.9. The fraction of sp³-hybridized carbons (Fsp3) is 0.312. The van der Waals surface area contributed by atoms with E-state index in [2.05, 4.69) is 5.32 Å². The summed E-state index contributed by atoms with van der Waals surface area (Å²) in [5.74, 6) is -1.32. The average Bonchev–Trinajstić information content (AvgIpc) is 3.16. The Kier molecular flexibility index (Phi) is 9.51. The Morgan fingerprint density at radius 1 is 0.902 bits per heavy atom. The molecule has 0 spiro atoms. The molecule has 1 atom stereocenters. The molecule has 3 aromatic carbocycles. The van der Waals surface area contributed by atoms with Crippen LogP contribution in [0.15, 0.2) is 72.8 Å². The van der Waals surface area contributed by atoms with Gasteiger partial charge < -0.3 is 10.2 Å². The molecule has 0 radical (unpaired) electrons. The summed E-state index contributed by atoms with van der Waals surface area (Å²) in [5.41, 5.74) is 1.75. The number of carbonyl (C=O) groups is 4.